The molecular weight excluding hydrogens is 381 g/mol. The predicted octanol–water partition coefficient (Wildman–Crippen LogP) is 2.81. The van der Waals surface area contributed by atoms with E-state index >= 15 is 0 Å². The van der Waals surface area contributed by atoms with Crippen LogP contribution in [-0.2, 0) is 15.9 Å². The molecule has 4 rings (SSSR count). The largest absolute Gasteiger partial charge is 0.504 e. The molecule has 1 saturated heterocycles. The summed E-state index contributed by atoms with van der Waals surface area (Å²) in [6.45, 7) is 0.424. The number of fused-ring (bicyclic) bond motifs is 1. The average Bonchev–Trinajstić information content (AvgIpc) is 3.15. The molecule has 0 bridgehead atoms. The van der Waals surface area contributed by atoms with Gasteiger partial charge in [0.05, 0.1) is 13.7 Å². The van der Waals surface area contributed by atoms with Crippen molar-refractivity contribution in [3.8, 4) is 5.75 Å². The zero-order valence-electron chi connectivity index (χ0n) is 15.4. The maximum Gasteiger partial charge on any atom is 0.415 e. The zero-order chi connectivity index (χ0) is 20.5. The fraction of sp³-hybridized carbons (Fsp3) is 0.200. The molecule has 29 heavy (non-hydrogen) atoms. The highest BCUT2D eigenvalue weighted by Gasteiger charge is 2.30. The van der Waals surface area contributed by atoms with E-state index < -0.39 is 17.8 Å². The van der Waals surface area contributed by atoms with Crippen LogP contribution in [-0.4, -0.2) is 47.4 Å². The molecule has 0 unspecified atom stereocenters. The molecule has 0 aliphatic carbocycles. The summed E-state index contributed by atoms with van der Waals surface area (Å²) in [4.78, 5) is 33.8. The average molecular weight is 397 g/mol. The summed E-state index contributed by atoms with van der Waals surface area (Å²) in [5.41, 5.74) is 1.38. The number of amides is 1. The van der Waals surface area contributed by atoms with Crippen LogP contribution in [0.15, 0.2) is 36.5 Å². The van der Waals surface area contributed by atoms with Crippen LogP contribution in [0.2, 0.25) is 0 Å². The van der Waals surface area contributed by atoms with Gasteiger partial charge in [-0.15, -0.1) is 0 Å². The summed E-state index contributed by atoms with van der Waals surface area (Å²) in [6, 6.07) is 7.78. The first-order chi connectivity index (χ1) is 14.0. The van der Waals surface area contributed by atoms with E-state index in [1.165, 1.54) is 17.0 Å². The van der Waals surface area contributed by atoms with E-state index in [0.29, 0.717) is 11.8 Å². The molecule has 1 aromatic carbocycles. The van der Waals surface area contributed by atoms with Crippen molar-refractivity contribution in [3.05, 3.63) is 59.2 Å². The van der Waals surface area contributed by atoms with E-state index in [4.69, 9.17) is 4.74 Å². The number of hydrogen-bond donors (Lipinski definition) is 1. The summed E-state index contributed by atoms with van der Waals surface area (Å²) >= 11 is 0. The number of ether oxygens (including phenoxy) is 2. The molecule has 3 aromatic rings. The van der Waals surface area contributed by atoms with Gasteiger partial charge in [0, 0.05) is 11.6 Å². The number of nitrogens with zero attached hydrogens (tertiary/aromatic N) is 3. The zero-order valence-corrected chi connectivity index (χ0v) is 15.4. The molecule has 148 valence electrons. The highest BCUT2D eigenvalue weighted by atomic mass is 19.1. The van der Waals surface area contributed by atoms with Gasteiger partial charge in [0.2, 0.25) is 0 Å². The van der Waals surface area contributed by atoms with Crippen molar-refractivity contribution < 1.29 is 28.6 Å². The van der Waals surface area contributed by atoms with Gasteiger partial charge in [0.15, 0.2) is 11.4 Å². The van der Waals surface area contributed by atoms with Gasteiger partial charge in [-0.25, -0.2) is 19.0 Å². The Kier molecular flexibility index (Phi) is 4.71. The van der Waals surface area contributed by atoms with E-state index in [1.54, 1.807) is 24.4 Å². The van der Waals surface area contributed by atoms with Gasteiger partial charge in [0.25, 0.3) is 0 Å². The van der Waals surface area contributed by atoms with E-state index in [0.717, 1.165) is 18.2 Å². The van der Waals surface area contributed by atoms with Crippen molar-refractivity contribution >= 4 is 28.8 Å². The third kappa shape index (κ3) is 3.42. The number of esters is 1. The summed E-state index contributed by atoms with van der Waals surface area (Å²) in [7, 11) is 1.16. The number of rotatable bonds is 4. The molecule has 1 fully saturated rings. The Morgan fingerprint density at radius 2 is 2.07 bits per heavy atom. The molecule has 1 aliphatic heterocycles. The molecule has 1 amide bonds. The maximum absolute atomic E-state index is 13.1. The second-order valence-corrected chi connectivity index (χ2v) is 6.43. The third-order valence-electron chi connectivity index (χ3n) is 4.57. The van der Waals surface area contributed by atoms with Crippen molar-refractivity contribution in [2.45, 2.75) is 6.42 Å². The smallest absolute Gasteiger partial charge is 0.415 e. The molecule has 0 spiro atoms. The minimum Gasteiger partial charge on any atom is -0.504 e. The second-order valence-electron chi connectivity index (χ2n) is 6.43. The topological polar surface area (TPSA) is 102 Å². The van der Waals surface area contributed by atoms with Crippen LogP contribution >= 0.6 is 0 Å². The van der Waals surface area contributed by atoms with Crippen molar-refractivity contribution in [3.63, 3.8) is 0 Å². The molecule has 1 aliphatic rings. The number of cyclic esters (lactones) is 1. The lowest BCUT2D eigenvalue weighted by molar-refractivity contribution is 0.0590. The fourth-order valence-electron chi connectivity index (χ4n) is 3.16. The number of carbonyl (C=O) groups excluding carboxylic acids is 2. The lowest BCUT2D eigenvalue weighted by atomic mass is 10.0. The number of benzene rings is 1. The lowest BCUT2D eigenvalue weighted by Gasteiger charge is -2.17. The first-order valence-corrected chi connectivity index (χ1v) is 8.76. The van der Waals surface area contributed by atoms with E-state index in [9.17, 15) is 19.1 Å². The number of aromatic nitrogens is 2. The Morgan fingerprint density at radius 3 is 2.72 bits per heavy atom. The quantitative estimate of drug-likeness (QED) is 0.676. The van der Waals surface area contributed by atoms with Crippen molar-refractivity contribution in [1.29, 1.82) is 0 Å². The van der Waals surface area contributed by atoms with Crippen molar-refractivity contribution in [2.24, 2.45) is 0 Å². The molecule has 0 saturated carbocycles. The van der Waals surface area contributed by atoms with Crippen LogP contribution in [0, 0.1) is 5.82 Å². The maximum atomic E-state index is 13.1. The Balaban J connectivity index is 1.86. The van der Waals surface area contributed by atoms with E-state index in [1.807, 2.05) is 0 Å². The fourth-order valence-corrected chi connectivity index (χ4v) is 3.16. The van der Waals surface area contributed by atoms with Crippen molar-refractivity contribution in [2.75, 3.05) is 25.2 Å². The summed E-state index contributed by atoms with van der Waals surface area (Å²) in [5.74, 6) is -1.47. The molecular formula is C20H16FN3O5. The summed E-state index contributed by atoms with van der Waals surface area (Å²) in [5, 5.41) is 10.9. The van der Waals surface area contributed by atoms with Gasteiger partial charge in [0.1, 0.15) is 23.8 Å². The number of aromatic hydroxyl groups is 1. The number of hydrogen-bond acceptors (Lipinski definition) is 7. The number of halogens is 1. The van der Waals surface area contributed by atoms with Crippen LogP contribution < -0.4 is 4.90 Å². The third-order valence-corrected chi connectivity index (χ3v) is 4.57. The molecule has 2 aromatic heterocycles. The number of anilines is 1. The van der Waals surface area contributed by atoms with Gasteiger partial charge >= 0.3 is 12.1 Å². The normalized spacial score (nSPS) is 13.6. The number of carbonyl (C=O) groups is 2. The Morgan fingerprint density at radius 1 is 1.31 bits per heavy atom. The molecule has 0 atom stereocenters. The van der Waals surface area contributed by atoms with Crippen LogP contribution in [0.5, 0.6) is 5.75 Å². The lowest BCUT2D eigenvalue weighted by Crippen LogP contribution is -2.25. The van der Waals surface area contributed by atoms with Gasteiger partial charge in [-0.3, -0.25) is 9.88 Å². The second kappa shape index (κ2) is 7.34. The van der Waals surface area contributed by atoms with Crippen LogP contribution in [0.25, 0.3) is 10.9 Å². The highest BCUT2D eigenvalue weighted by molar-refractivity contribution is 6.05. The van der Waals surface area contributed by atoms with Gasteiger partial charge in [-0.1, -0.05) is 12.1 Å². The number of pyridine rings is 2. The molecule has 8 nitrogen and oxygen atoms in total. The minimum atomic E-state index is -0.851. The SMILES string of the molecule is COC(=O)c1nc(N2CCOC2=O)c2cc(Cc3ccc(F)cc3)cnc2c1O. The monoisotopic (exact) mass is 397 g/mol. The molecule has 1 N–H and O–H groups in total. The first-order valence-electron chi connectivity index (χ1n) is 8.76. The Bertz CT molecular complexity index is 1120. The van der Waals surface area contributed by atoms with Crippen LogP contribution in [0.3, 0.4) is 0 Å². The first kappa shape index (κ1) is 18.6. The minimum absolute atomic E-state index is 0.109. The number of methoxy groups -OCH3 is 1. The highest BCUT2D eigenvalue weighted by Crippen LogP contribution is 2.35. The predicted molar refractivity (Wildman–Crippen MR) is 100 cm³/mol. The van der Waals surface area contributed by atoms with Crippen LogP contribution in [0.4, 0.5) is 15.0 Å². The van der Waals surface area contributed by atoms with Gasteiger partial charge in [-0.05, 0) is 35.7 Å². The summed E-state index contributed by atoms with van der Waals surface area (Å²) in [6.07, 6.45) is 1.38. The molecule has 9 heteroatoms. The molecule has 3 heterocycles. The Labute approximate surface area is 164 Å². The van der Waals surface area contributed by atoms with Gasteiger partial charge < -0.3 is 14.6 Å². The van der Waals surface area contributed by atoms with E-state index in [2.05, 4.69) is 14.7 Å². The summed E-state index contributed by atoms with van der Waals surface area (Å²) < 4.78 is 22.8. The van der Waals surface area contributed by atoms with Gasteiger partial charge in [-0.2, -0.15) is 0 Å². The standard InChI is InChI=1S/C20H16FN3O5/c1-28-19(26)16-17(25)15-14(18(23-16)24-6-7-29-20(24)27)9-12(10-22-15)8-11-2-4-13(21)5-3-11/h2-5,9-10,25H,6-8H2,1H3. The van der Waals surface area contributed by atoms with Crippen LogP contribution in [0.1, 0.15) is 21.6 Å². The Hall–Kier alpha value is -3.75. The van der Waals surface area contributed by atoms with E-state index in [-0.39, 0.29) is 36.0 Å². The molecule has 0 radical (unpaired) electrons. The van der Waals surface area contributed by atoms with Crippen molar-refractivity contribution in [1.82, 2.24) is 9.97 Å².